The lowest BCUT2D eigenvalue weighted by molar-refractivity contribution is 1.21. The highest BCUT2D eigenvalue weighted by Crippen LogP contribution is 2.36. The molecule has 2 aromatic rings. The van der Waals surface area contributed by atoms with E-state index in [4.69, 9.17) is 34.8 Å². The summed E-state index contributed by atoms with van der Waals surface area (Å²) in [5.41, 5.74) is 6.77. The SMILES string of the molecule is N/N=C(\N)c1csc(-c2c(Cl)cccc2Cl)n1. The molecule has 88 valence electrons. The number of thiazole rings is 1. The van der Waals surface area contributed by atoms with Crippen LogP contribution in [0.3, 0.4) is 0 Å². The number of halogens is 2. The first kappa shape index (κ1) is 12.2. The fourth-order valence-corrected chi connectivity index (χ4v) is 2.85. The molecule has 17 heavy (non-hydrogen) atoms. The molecule has 0 radical (unpaired) electrons. The third-order valence-electron chi connectivity index (χ3n) is 2.08. The van der Waals surface area contributed by atoms with E-state index in [1.165, 1.54) is 11.3 Å². The number of aromatic nitrogens is 1. The van der Waals surface area contributed by atoms with Crippen LogP contribution in [0.25, 0.3) is 10.6 Å². The van der Waals surface area contributed by atoms with Crippen LogP contribution >= 0.6 is 34.5 Å². The van der Waals surface area contributed by atoms with E-state index in [1.807, 2.05) is 0 Å². The second-order valence-electron chi connectivity index (χ2n) is 3.15. The number of hydrazone groups is 1. The van der Waals surface area contributed by atoms with Crippen LogP contribution in [0.4, 0.5) is 0 Å². The van der Waals surface area contributed by atoms with Gasteiger partial charge >= 0.3 is 0 Å². The lowest BCUT2D eigenvalue weighted by atomic mass is 10.2. The summed E-state index contributed by atoms with van der Waals surface area (Å²) in [6.45, 7) is 0. The van der Waals surface area contributed by atoms with E-state index < -0.39 is 0 Å². The number of amidine groups is 1. The first-order valence-electron chi connectivity index (χ1n) is 4.57. The minimum absolute atomic E-state index is 0.177. The van der Waals surface area contributed by atoms with Crippen LogP contribution in [0.2, 0.25) is 10.0 Å². The molecule has 0 aliphatic heterocycles. The summed E-state index contributed by atoms with van der Waals surface area (Å²) in [6, 6.07) is 5.28. The average molecular weight is 287 g/mol. The van der Waals surface area contributed by atoms with Crippen molar-refractivity contribution in [3.05, 3.63) is 39.3 Å². The number of hydrogen-bond acceptors (Lipinski definition) is 4. The fourth-order valence-electron chi connectivity index (χ4n) is 1.27. The maximum Gasteiger partial charge on any atom is 0.169 e. The molecule has 0 unspecified atom stereocenters. The van der Waals surface area contributed by atoms with Crippen molar-refractivity contribution in [1.82, 2.24) is 4.98 Å². The van der Waals surface area contributed by atoms with Crippen molar-refractivity contribution >= 4 is 40.4 Å². The molecule has 0 atom stereocenters. The van der Waals surface area contributed by atoms with Crippen molar-refractivity contribution in [1.29, 1.82) is 0 Å². The Morgan fingerprint density at radius 2 is 1.94 bits per heavy atom. The number of nitrogens with two attached hydrogens (primary N) is 2. The predicted octanol–water partition coefficient (Wildman–Crippen LogP) is 2.70. The van der Waals surface area contributed by atoms with E-state index in [2.05, 4.69) is 10.1 Å². The molecule has 1 aromatic heterocycles. The van der Waals surface area contributed by atoms with Crippen molar-refractivity contribution in [2.45, 2.75) is 0 Å². The molecule has 0 aliphatic carbocycles. The van der Waals surface area contributed by atoms with E-state index >= 15 is 0 Å². The Bertz CT molecular complexity index is 559. The van der Waals surface area contributed by atoms with Crippen molar-refractivity contribution < 1.29 is 0 Å². The number of hydrogen-bond donors (Lipinski definition) is 2. The highest BCUT2D eigenvalue weighted by Gasteiger charge is 2.13. The Labute approximate surface area is 112 Å². The van der Waals surface area contributed by atoms with Gasteiger partial charge in [-0.3, -0.25) is 0 Å². The van der Waals surface area contributed by atoms with E-state index in [0.717, 1.165) is 0 Å². The van der Waals surface area contributed by atoms with Gasteiger partial charge in [-0.1, -0.05) is 29.3 Å². The maximum absolute atomic E-state index is 6.08. The molecule has 0 saturated carbocycles. The van der Waals surface area contributed by atoms with Gasteiger partial charge in [0.1, 0.15) is 10.7 Å². The lowest BCUT2D eigenvalue weighted by Crippen LogP contribution is -2.15. The monoisotopic (exact) mass is 286 g/mol. The molecule has 0 saturated heterocycles. The largest absolute Gasteiger partial charge is 0.380 e. The lowest BCUT2D eigenvalue weighted by Gasteiger charge is -2.02. The molecule has 4 nitrogen and oxygen atoms in total. The normalized spacial score (nSPS) is 11.8. The Hall–Kier alpha value is -1.30. The zero-order valence-corrected chi connectivity index (χ0v) is 10.9. The van der Waals surface area contributed by atoms with Crippen LogP contribution in [0.1, 0.15) is 5.69 Å². The van der Waals surface area contributed by atoms with Crippen molar-refractivity contribution in [3.8, 4) is 10.6 Å². The molecule has 0 amide bonds. The number of nitrogens with zero attached hydrogens (tertiary/aromatic N) is 2. The quantitative estimate of drug-likeness (QED) is 0.386. The minimum atomic E-state index is 0.177. The van der Waals surface area contributed by atoms with E-state index in [1.54, 1.807) is 23.6 Å². The second kappa shape index (κ2) is 4.91. The van der Waals surface area contributed by atoms with Gasteiger partial charge in [0.2, 0.25) is 0 Å². The predicted molar refractivity (Wildman–Crippen MR) is 72.5 cm³/mol. The van der Waals surface area contributed by atoms with Crippen molar-refractivity contribution in [2.24, 2.45) is 16.7 Å². The molecule has 1 aromatic carbocycles. The van der Waals surface area contributed by atoms with Crippen LogP contribution < -0.4 is 11.6 Å². The summed E-state index contributed by atoms with van der Waals surface area (Å²) in [7, 11) is 0. The maximum atomic E-state index is 6.08. The second-order valence-corrected chi connectivity index (χ2v) is 4.82. The van der Waals surface area contributed by atoms with Gasteiger partial charge in [-0.25, -0.2) is 4.98 Å². The highest BCUT2D eigenvalue weighted by atomic mass is 35.5. The average Bonchev–Trinajstić information content (AvgIpc) is 2.77. The van der Waals surface area contributed by atoms with Crippen LogP contribution in [0.15, 0.2) is 28.7 Å². The first-order valence-corrected chi connectivity index (χ1v) is 6.20. The molecule has 4 N–H and O–H groups in total. The standard InChI is InChI=1S/C10H8Cl2N4S/c11-5-2-1-3-6(12)8(5)10-15-7(4-17-10)9(13)16-14/h1-4H,14H2,(H2,13,16). The summed E-state index contributed by atoms with van der Waals surface area (Å²) < 4.78 is 0. The van der Waals surface area contributed by atoms with Crippen LogP contribution in [0.5, 0.6) is 0 Å². The summed E-state index contributed by atoms with van der Waals surface area (Å²) >= 11 is 13.5. The number of rotatable bonds is 2. The van der Waals surface area contributed by atoms with Crippen LogP contribution in [-0.2, 0) is 0 Å². The summed E-state index contributed by atoms with van der Waals surface area (Å²) in [6.07, 6.45) is 0. The van der Waals surface area contributed by atoms with Gasteiger partial charge in [0, 0.05) is 10.9 Å². The highest BCUT2D eigenvalue weighted by molar-refractivity contribution is 7.13. The van der Waals surface area contributed by atoms with Gasteiger partial charge in [0.05, 0.1) is 10.0 Å². The van der Waals surface area contributed by atoms with Crippen molar-refractivity contribution in [2.75, 3.05) is 0 Å². The Morgan fingerprint density at radius 3 is 2.53 bits per heavy atom. The van der Waals surface area contributed by atoms with Crippen LogP contribution in [0, 0.1) is 0 Å². The molecule has 2 rings (SSSR count). The van der Waals surface area contributed by atoms with Crippen LogP contribution in [-0.4, -0.2) is 10.8 Å². The Kier molecular flexibility index (Phi) is 3.51. The topological polar surface area (TPSA) is 77.3 Å². The van der Waals surface area contributed by atoms with Gasteiger partial charge in [0.15, 0.2) is 5.84 Å². The molecule has 0 aliphatic rings. The molecule has 0 spiro atoms. The zero-order valence-electron chi connectivity index (χ0n) is 8.52. The van der Waals surface area contributed by atoms with E-state index in [-0.39, 0.29) is 5.84 Å². The summed E-state index contributed by atoms with van der Waals surface area (Å²) in [5.74, 6) is 5.26. The van der Waals surface area contributed by atoms with Gasteiger partial charge in [0.25, 0.3) is 0 Å². The summed E-state index contributed by atoms with van der Waals surface area (Å²) in [5, 5.41) is 6.90. The van der Waals surface area contributed by atoms with Gasteiger partial charge in [-0.15, -0.1) is 11.3 Å². The number of benzene rings is 1. The zero-order chi connectivity index (χ0) is 12.4. The third kappa shape index (κ3) is 2.36. The molecule has 1 heterocycles. The third-order valence-corrected chi connectivity index (χ3v) is 3.57. The first-order chi connectivity index (χ1) is 8.13. The van der Waals surface area contributed by atoms with Gasteiger partial charge in [-0.05, 0) is 12.1 Å². The Morgan fingerprint density at radius 1 is 1.29 bits per heavy atom. The molecule has 0 bridgehead atoms. The molecular weight excluding hydrogens is 279 g/mol. The summed E-state index contributed by atoms with van der Waals surface area (Å²) in [4.78, 5) is 4.29. The fraction of sp³-hybridized carbons (Fsp3) is 0. The molecule has 7 heteroatoms. The smallest absolute Gasteiger partial charge is 0.169 e. The van der Waals surface area contributed by atoms with Gasteiger partial charge in [-0.2, -0.15) is 5.10 Å². The van der Waals surface area contributed by atoms with E-state index in [9.17, 15) is 0 Å². The molecular formula is C10H8Cl2N4S. The molecule has 0 fully saturated rings. The Balaban J connectivity index is 2.51. The van der Waals surface area contributed by atoms with Crippen molar-refractivity contribution in [3.63, 3.8) is 0 Å². The van der Waals surface area contributed by atoms with E-state index in [0.29, 0.717) is 26.3 Å². The minimum Gasteiger partial charge on any atom is -0.380 e. The van der Waals surface area contributed by atoms with Gasteiger partial charge < -0.3 is 11.6 Å².